The van der Waals surface area contributed by atoms with Crippen LogP contribution in [-0.2, 0) is 9.22 Å². The summed E-state index contributed by atoms with van der Waals surface area (Å²) in [6, 6.07) is 0. The molecule has 0 aliphatic rings. The van der Waals surface area contributed by atoms with E-state index < -0.39 is 8.32 Å². The van der Waals surface area contributed by atoms with Gasteiger partial charge in [0.1, 0.15) is 6.29 Å². The lowest BCUT2D eigenvalue weighted by Gasteiger charge is -2.23. The van der Waals surface area contributed by atoms with E-state index in [2.05, 4.69) is 19.6 Å². The van der Waals surface area contributed by atoms with Crippen molar-refractivity contribution in [3.63, 3.8) is 0 Å². The van der Waals surface area contributed by atoms with E-state index in [1.165, 1.54) is 0 Å². The van der Waals surface area contributed by atoms with Crippen LogP contribution >= 0.6 is 0 Å². The van der Waals surface area contributed by atoms with E-state index in [-0.39, 0.29) is 5.41 Å². The second-order valence-electron chi connectivity index (χ2n) is 4.51. The molecule has 0 bridgehead atoms. The highest BCUT2D eigenvalue weighted by Crippen LogP contribution is 2.14. The van der Waals surface area contributed by atoms with E-state index >= 15 is 0 Å². The maximum Gasteiger partial charge on any atom is 0.183 e. The molecule has 2 nitrogen and oxygen atoms in total. The lowest BCUT2D eigenvalue weighted by Crippen LogP contribution is -2.32. The van der Waals surface area contributed by atoms with Gasteiger partial charge in [0, 0.05) is 12.0 Å². The minimum Gasteiger partial charge on any atom is -0.417 e. The molecule has 0 unspecified atom stereocenters. The highest BCUT2D eigenvalue weighted by Gasteiger charge is 2.22. The maximum absolute atomic E-state index is 10.5. The third-order valence-corrected chi connectivity index (χ3v) is 2.21. The molecule has 0 saturated carbocycles. The van der Waals surface area contributed by atoms with Crippen molar-refractivity contribution >= 4 is 14.6 Å². The average molecular weight is 174 g/mol. The molecule has 0 radical (unpaired) electrons. The molecule has 0 aliphatic carbocycles. The van der Waals surface area contributed by atoms with Gasteiger partial charge in [0.15, 0.2) is 8.32 Å². The molecule has 0 aromatic heterocycles. The van der Waals surface area contributed by atoms with Gasteiger partial charge in [-0.25, -0.2) is 0 Å². The first-order valence-corrected chi connectivity index (χ1v) is 7.28. The van der Waals surface area contributed by atoms with Crippen molar-refractivity contribution in [2.24, 2.45) is 5.41 Å². The Hall–Kier alpha value is -0.153. The number of carbonyl (C=O) groups excluding carboxylic acids is 1. The van der Waals surface area contributed by atoms with Gasteiger partial charge in [-0.2, -0.15) is 0 Å². The van der Waals surface area contributed by atoms with Crippen molar-refractivity contribution < 1.29 is 9.22 Å². The van der Waals surface area contributed by atoms with E-state index in [4.69, 9.17) is 4.43 Å². The second-order valence-corrected chi connectivity index (χ2v) is 9.02. The molecule has 0 aliphatic heterocycles. The summed E-state index contributed by atoms with van der Waals surface area (Å²) >= 11 is 0. The number of aldehydes is 1. The summed E-state index contributed by atoms with van der Waals surface area (Å²) in [4.78, 5) is 10.5. The Labute approximate surface area is 70.1 Å². The quantitative estimate of drug-likeness (QED) is 0.482. The van der Waals surface area contributed by atoms with E-state index in [9.17, 15) is 4.79 Å². The lowest BCUT2D eigenvalue weighted by atomic mass is 9.98. The molecule has 0 fully saturated rings. The van der Waals surface area contributed by atoms with Gasteiger partial charge in [0.25, 0.3) is 0 Å². The third kappa shape index (κ3) is 6.25. The van der Waals surface area contributed by atoms with Gasteiger partial charge in [-0.1, -0.05) is 13.8 Å². The third-order valence-electron chi connectivity index (χ3n) is 1.20. The van der Waals surface area contributed by atoms with Crippen molar-refractivity contribution in [1.29, 1.82) is 0 Å². The van der Waals surface area contributed by atoms with Gasteiger partial charge in [-0.3, -0.25) is 0 Å². The van der Waals surface area contributed by atoms with Gasteiger partial charge in [-0.15, -0.1) is 0 Å². The lowest BCUT2D eigenvalue weighted by molar-refractivity contribution is -0.116. The zero-order chi connectivity index (χ0) is 9.12. The Balaban J connectivity index is 3.79. The average Bonchev–Trinajstić information content (AvgIpc) is 1.83. The zero-order valence-corrected chi connectivity index (χ0v) is 9.10. The minimum atomic E-state index is -1.44. The molecule has 0 N–H and O–H groups in total. The van der Waals surface area contributed by atoms with E-state index in [1.54, 1.807) is 0 Å². The predicted octanol–water partition coefficient (Wildman–Crippen LogP) is 2.06. The van der Waals surface area contributed by atoms with E-state index in [1.807, 2.05) is 13.8 Å². The first-order valence-electron chi connectivity index (χ1n) is 3.87. The SMILES string of the molecule is CC(C)(C=O)CO[Si](C)(C)C. The Bertz CT molecular complexity index is 136. The van der Waals surface area contributed by atoms with Crippen LogP contribution in [0.4, 0.5) is 0 Å². The minimum absolute atomic E-state index is 0.319. The summed E-state index contributed by atoms with van der Waals surface area (Å²) in [7, 11) is -1.44. The number of hydrogen-bond donors (Lipinski definition) is 0. The fourth-order valence-corrected chi connectivity index (χ4v) is 1.24. The first kappa shape index (κ1) is 10.8. The summed E-state index contributed by atoms with van der Waals surface area (Å²) in [6.07, 6.45) is 0.952. The van der Waals surface area contributed by atoms with E-state index in [0.717, 1.165) is 6.29 Å². The Morgan fingerprint density at radius 2 is 1.82 bits per heavy atom. The molecule has 66 valence electrons. The molecular weight excluding hydrogens is 156 g/mol. The van der Waals surface area contributed by atoms with Crippen LogP contribution < -0.4 is 0 Å². The van der Waals surface area contributed by atoms with Gasteiger partial charge in [-0.05, 0) is 19.6 Å². The van der Waals surface area contributed by atoms with Crippen LogP contribution in [0.5, 0.6) is 0 Å². The summed E-state index contributed by atoms with van der Waals surface area (Å²) < 4.78 is 5.59. The highest BCUT2D eigenvalue weighted by molar-refractivity contribution is 6.69. The van der Waals surface area contributed by atoms with Crippen LogP contribution in [0.25, 0.3) is 0 Å². The predicted molar refractivity (Wildman–Crippen MR) is 49.1 cm³/mol. The van der Waals surface area contributed by atoms with Crippen LogP contribution in [0.1, 0.15) is 13.8 Å². The molecule has 0 aromatic rings. The Morgan fingerprint density at radius 3 is 2.09 bits per heavy atom. The molecule has 0 atom stereocenters. The second kappa shape index (κ2) is 3.50. The van der Waals surface area contributed by atoms with Crippen molar-refractivity contribution in [1.82, 2.24) is 0 Å². The normalized spacial score (nSPS) is 13.2. The molecule has 0 saturated heterocycles. The largest absolute Gasteiger partial charge is 0.417 e. The smallest absolute Gasteiger partial charge is 0.183 e. The van der Waals surface area contributed by atoms with E-state index in [0.29, 0.717) is 6.61 Å². The van der Waals surface area contributed by atoms with Crippen LogP contribution in [0.3, 0.4) is 0 Å². The molecular formula is C8H18O2Si. The van der Waals surface area contributed by atoms with Crippen LogP contribution in [0, 0.1) is 5.41 Å². The molecule has 0 rings (SSSR count). The summed E-state index contributed by atoms with van der Waals surface area (Å²) in [5, 5.41) is 0. The fourth-order valence-electron chi connectivity index (χ4n) is 0.437. The molecule has 0 aromatic carbocycles. The van der Waals surface area contributed by atoms with Gasteiger partial charge < -0.3 is 9.22 Å². The molecule has 11 heavy (non-hydrogen) atoms. The Morgan fingerprint density at radius 1 is 1.36 bits per heavy atom. The topological polar surface area (TPSA) is 26.3 Å². The monoisotopic (exact) mass is 174 g/mol. The molecule has 3 heteroatoms. The number of rotatable bonds is 4. The van der Waals surface area contributed by atoms with Crippen LogP contribution in [0.2, 0.25) is 19.6 Å². The standard InChI is InChI=1S/C8H18O2Si/c1-8(2,6-9)7-10-11(3,4)5/h6H,7H2,1-5H3. The van der Waals surface area contributed by atoms with Gasteiger partial charge in [0.05, 0.1) is 0 Å². The fraction of sp³-hybridized carbons (Fsp3) is 0.875. The Kier molecular flexibility index (Phi) is 3.45. The van der Waals surface area contributed by atoms with Gasteiger partial charge >= 0.3 is 0 Å². The zero-order valence-electron chi connectivity index (χ0n) is 8.10. The van der Waals surface area contributed by atoms with Gasteiger partial charge in [0.2, 0.25) is 0 Å². The maximum atomic E-state index is 10.5. The summed E-state index contributed by atoms with van der Waals surface area (Å²) in [5.41, 5.74) is -0.319. The van der Waals surface area contributed by atoms with Crippen molar-refractivity contribution in [2.45, 2.75) is 33.5 Å². The summed E-state index contributed by atoms with van der Waals surface area (Å²) in [5.74, 6) is 0. The molecule has 0 heterocycles. The molecule has 0 spiro atoms. The first-order chi connectivity index (χ1) is 4.77. The highest BCUT2D eigenvalue weighted by atomic mass is 28.4. The van der Waals surface area contributed by atoms with Crippen molar-refractivity contribution in [3.05, 3.63) is 0 Å². The number of carbonyl (C=O) groups is 1. The summed E-state index contributed by atoms with van der Waals surface area (Å²) in [6.45, 7) is 10.7. The molecule has 0 amide bonds. The van der Waals surface area contributed by atoms with Crippen LogP contribution in [0.15, 0.2) is 0 Å². The van der Waals surface area contributed by atoms with Crippen LogP contribution in [-0.4, -0.2) is 21.2 Å². The number of hydrogen-bond acceptors (Lipinski definition) is 2. The van der Waals surface area contributed by atoms with Crippen molar-refractivity contribution in [2.75, 3.05) is 6.61 Å². The van der Waals surface area contributed by atoms with Crippen molar-refractivity contribution in [3.8, 4) is 0 Å².